The number of halogens is 2. The summed E-state index contributed by atoms with van der Waals surface area (Å²) in [5, 5.41) is 9.01. The van der Waals surface area contributed by atoms with Gasteiger partial charge in [0.15, 0.2) is 18.2 Å². The molecule has 1 aliphatic rings. The summed E-state index contributed by atoms with van der Waals surface area (Å²) in [6.07, 6.45) is 3.33. The van der Waals surface area contributed by atoms with Gasteiger partial charge in [0.2, 0.25) is 0 Å². The van der Waals surface area contributed by atoms with Crippen LogP contribution < -0.4 is 9.47 Å². The van der Waals surface area contributed by atoms with E-state index in [1.54, 1.807) is 46.0 Å². The molecule has 3 aromatic rings. The first-order valence-corrected chi connectivity index (χ1v) is 10.3. The zero-order valence-electron chi connectivity index (χ0n) is 17.0. The number of hydrogen-bond donors (Lipinski definition) is 0. The summed E-state index contributed by atoms with van der Waals surface area (Å²) in [7, 11) is 1.43. The van der Waals surface area contributed by atoms with Gasteiger partial charge < -0.3 is 14.4 Å². The second-order valence-corrected chi connectivity index (χ2v) is 7.72. The fraction of sp³-hybridized carbons (Fsp3) is 0.318. The Morgan fingerprint density at radius 1 is 1.19 bits per heavy atom. The number of aromatic nitrogens is 3. The molecule has 0 radical (unpaired) electrons. The Morgan fingerprint density at radius 3 is 2.61 bits per heavy atom. The maximum atomic E-state index is 14.0. The monoisotopic (exact) mass is 444 g/mol. The highest BCUT2D eigenvalue weighted by Gasteiger charge is 2.25. The standard InChI is InChI=1S/C22H22ClFN4O3/c1-30-21-7-2-15(12-19(21)24)20-13-28(26-25-20)17-8-10-27(11-9-17)22(29)14-31-18-5-3-16(23)4-6-18/h2-7,12-13,17H,8-11,14H2,1H3. The van der Waals surface area contributed by atoms with E-state index in [2.05, 4.69) is 10.3 Å². The average Bonchev–Trinajstić information content (AvgIpc) is 3.29. The fourth-order valence-electron chi connectivity index (χ4n) is 3.56. The van der Waals surface area contributed by atoms with Gasteiger partial charge in [0, 0.05) is 23.7 Å². The van der Waals surface area contributed by atoms with E-state index in [4.69, 9.17) is 21.1 Å². The molecule has 9 heteroatoms. The van der Waals surface area contributed by atoms with E-state index in [0.717, 1.165) is 12.8 Å². The van der Waals surface area contributed by atoms with E-state index in [9.17, 15) is 9.18 Å². The van der Waals surface area contributed by atoms with Crippen LogP contribution >= 0.6 is 11.6 Å². The molecule has 31 heavy (non-hydrogen) atoms. The van der Waals surface area contributed by atoms with Gasteiger partial charge in [-0.15, -0.1) is 5.10 Å². The molecule has 0 saturated carbocycles. The van der Waals surface area contributed by atoms with Crippen LogP contribution in [-0.4, -0.2) is 52.6 Å². The summed E-state index contributed by atoms with van der Waals surface area (Å²) in [5.41, 5.74) is 1.23. The number of benzene rings is 2. The van der Waals surface area contributed by atoms with Gasteiger partial charge in [-0.05, 0) is 55.3 Å². The SMILES string of the molecule is COc1ccc(-c2cn(C3CCN(C(=O)COc4ccc(Cl)cc4)CC3)nn2)cc1F. The van der Waals surface area contributed by atoms with Gasteiger partial charge >= 0.3 is 0 Å². The van der Waals surface area contributed by atoms with Crippen molar-refractivity contribution >= 4 is 17.5 Å². The van der Waals surface area contributed by atoms with Gasteiger partial charge in [0.1, 0.15) is 11.4 Å². The molecular weight excluding hydrogens is 423 g/mol. The lowest BCUT2D eigenvalue weighted by molar-refractivity contribution is -0.134. The third-order valence-corrected chi connectivity index (χ3v) is 5.58. The normalized spacial score (nSPS) is 14.5. The molecule has 0 bridgehead atoms. The molecule has 0 unspecified atom stereocenters. The van der Waals surface area contributed by atoms with E-state index >= 15 is 0 Å². The highest BCUT2D eigenvalue weighted by atomic mass is 35.5. The minimum Gasteiger partial charge on any atom is -0.494 e. The van der Waals surface area contributed by atoms with Crippen LogP contribution in [0.15, 0.2) is 48.7 Å². The molecular formula is C22H22ClFN4O3. The van der Waals surface area contributed by atoms with Gasteiger partial charge in [-0.3, -0.25) is 4.79 Å². The molecule has 2 heterocycles. The van der Waals surface area contributed by atoms with Gasteiger partial charge in [-0.2, -0.15) is 0 Å². The lowest BCUT2D eigenvalue weighted by Crippen LogP contribution is -2.41. The van der Waals surface area contributed by atoms with E-state index in [-0.39, 0.29) is 24.3 Å². The van der Waals surface area contributed by atoms with Crippen LogP contribution in [0.2, 0.25) is 5.02 Å². The van der Waals surface area contributed by atoms with Crippen molar-refractivity contribution in [3.05, 3.63) is 59.5 Å². The van der Waals surface area contributed by atoms with Crippen molar-refractivity contribution in [2.75, 3.05) is 26.8 Å². The average molecular weight is 445 g/mol. The molecule has 0 N–H and O–H groups in total. The van der Waals surface area contributed by atoms with Crippen molar-refractivity contribution in [2.45, 2.75) is 18.9 Å². The van der Waals surface area contributed by atoms with Crippen molar-refractivity contribution in [2.24, 2.45) is 0 Å². The minimum atomic E-state index is -0.442. The molecule has 4 rings (SSSR count). The second-order valence-electron chi connectivity index (χ2n) is 7.29. The molecule has 0 atom stereocenters. The van der Waals surface area contributed by atoms with E-state index in [1.807, 2.05) is 6.20 Å². The van der Waals surface area contributed by atoms with Crippen LogP contribution in [0.3, 0.4) is 0 Å². The van der Waals surface area contributed by atoms with Gasteiger partial charge in [-0.1, -0.05) is 16.8 Å². The Labute approximate surface area is 184 Å². The minimum absolute atomic E-state index is 0.0111. The number of carbonyl (C=O) groups excluding carboxylic acids is 1. The number of rotatable bonds is 6. The first-order valence-electron chi connectivity index (χ1n) is 9.95. The smallest absolute Gasteiger partial charge is 0.260 e. The zero-order chi connectivity index (χ0) is 21.8. The summed E-state index contributed by atoms with van der Waals surface area (Å²) in [6, 6.07) is 11.7. The number of ether oxygens (including phenoxy) is 2. The van der Waals surface area contributed by atoms with Crippen molar-refractivity contribution in [3.63, 3.8) is 0 Å². The predicted octanol–water partition coefficient (Wildman–Crippen LogP) is 3.99. The number of methoxy groups -OCH3 is 1. The van der Waals surface area contributed by atoms with Crippen LogP contribution in [0.5, 0.6) is 11.5 Å². The van der Waals surface area contributed by atoms with E-state index in [1.165, 1.54) is 13.2 Å². The summed E-state index contributed by atoms with van der Waals surface area (Å²) < 4.78 is 26.3. The number of hydrogen-bond acceptors (Lipinski definition) is 5. The Bertz CT molecular complexity index is 1050. The van der Waals surface area contributed by atoms with Gasteiger partial charge in [0.05, 0.1) is 19.3 Å². The molecule has 1 aromatic heterocycles. The van der Waals surface area contributed by atoms with Crippen LogP contribution in [0.25, 0.3) is 11.3 Å². The predicted molar refractivity (Wildman–Crippen MR) is 114 cm³/mol. The first kappa shape index (κ1) is 21.1. The molecule has 1 fully saturated rings. The van der Waals surface area contributed by atoms with E-state index in [0.29, 0.717) is 35.1 Å². The molecule has 1 amide bonds. The third-order valence-electron chi connectivity index (χ3n) is 5.33. The summed E-state index contributed by atoms with van der Waals surface area (Å²) in [4.78, 5) is 14.2. The van der Waals surface area contributed by atoms with Crippen molar-refractivity contribution in [1.82, 2.24) is 19.9 Å². The molecule has 0 aliphatic carbocycles. The molecule has 1 saturated heterocycles. The van der Waals surface area contributed by atoms with Gasteiger partial charge in [-0.25, -0.2) is 9.07 Å². The van der Waals surface area contributed by atoms with Crippen LogP contribution in [-0.2, 0) is 4.79 Å². The Morgan fingerprint density at radius 2 is 1.94 bits per heavy atom. The lowest BCUT2D eigenvalue weighted by atomic mass is 10.1. The van der Waals surface area contributed by atoms with Crippen LogP contribution in [0.4, 0.5) is 4.39 Å². The van der Waals surface area contributed by atoms with Crippen molar-refractivity contribution in [3.8, 4) is 22.8 Å². The Kier molecular flexibility index (Phi) is 6.36. The Hall–Kier alpha value is -3.13. The highest BCUT2D eigenvalue weighted by Crippen LogP contribution is 2.27. The Balaban J connectivity index is 1.31. The van der Waals surface area contributed by atoms with Gasteiger partial charge in [0.25, 0.3) is 5.91 Å². The van der Waals surface area contributed by atoms with Crippen molar-refractivity contribution in [1.29, 1.82) is 0 Å². The second kappa shape index (κ2) is 9.34. The molecule has 2 aromatic carbocycles. The topological polar surface area (TPSA) is 69.5 Å². The fourth-order valence-corrected chi connectivity index (χ4v) is 3.69. The van der Waals surface area contributed by atoms with Crippen molar-refractivity contribution < 1.29 is 18.7 Å². The molecule has 0 spiro atoms. The van der Waals surface area contributed by atoms with E-state index < -0.39 is 5.82 Å². The summed E-state index contributed by atoms with van der Waals surface area (Å²) >= 11 is 5.85. The van der Waals surface area contributed by atoms with Crippen LogP contribution in [0, 0.1) is 5.82 Å². The number of nitrogens with zero attached hydrogens (tertiary/aromatic N) is 4. The number of carbonyl (C=O) groups is 1. The third kappa shape index (κ3) is 4.96. The number of piperidine rings is 1. The summed E-state index contributed by atoms with van der Waals surface area (Å²) in [6.45, 7) is 1.21. The largest absolute Gasteiger partial charge is 0.494 e. The first-order chi connectivity index (χ1) is 15.0. The number of amides is 1. The molecule has 7 nitrogen and oxygen atoms in total. The van der Waals surface area contributed by atoms with Crippen LogP contribution in [0.1, 0.15) is 18.9 Å². The number of likely N-dealkylation sites (tertiary alicyclic amines) is 1. The molecule has 162 valence electrons. The lowest BCUT2D eigenvalue weighted by Gasteiger charge is -2.31. The molecule has 1 aliphatic heterocycles. The maximum Gasteiger partial charge on any atom is 0.260 e. The summed E-state index contributed by atoms with van der Waals surface area (Å²) in [5.74, 6) is 0.301. The quantitative estimate of drug-likeness (QED) is 0.575. The highest BCUT2D eigenvalue weighted by molar-refractivity contribution is 6.30. The maximum absolute atomic E-state index is 14.0. The zero-order valence-corrected chi connectivity index (χ0v) is 17.8.